The molecule has 0 spiro atoms. The lowest BCUT2D eigenvalue weighted by Crippen LogP contribution is -2.23. The Kier molecular flexibility index (Phi) is 4.24. The molecular weight excluding hydrogens is 210 g/mol. The van der Waals surface area contributed by atoms with Crippen LogP contribution in [0.4, 0.5) is 0 Å². The number of hydrogen-bond acceptors (Lipinski definition) is 2. The lowest BCUT2D eigenvalue weighted by Gasteiger charge is -2.22. The van der Waals surface area contributed by atoms with Crippen LogP contribution in [0.2, 0.25) is 0 Å². The third-order valence-electron chi connectivity index (χ3n) is 3.57. The smallest absolute Gasteiger partial charge is 0.0347 e. The molecule has 1 aliphatic rings. The first-order valence-corrected chi connectivity index (χ1v) is 6.77. The Morgan fingerprint density at radius 2 is 2.24 bits per heavy atom. The van der Waals surface area contributed by atoms with Crippen molar-refractivity contribution in [1.29, 1.82) is 0 Å². The fourth-order valence-corrected chi connectivity index (χ4v) is 2.65. The second-order valence-electron chi connectivity index (χ2n) is 5.28. The van der Waals surface area contributed by atoms with Gasteiger partial charge in [0.15, 0.2) is 0 Å². The Balaban J connectivity index is 2.07. The lowest BCUT2D eigenvalue weighted by atomic mass is 9.91. The Morgan fingerprint density at radius 3 is 2.94 bits per heavy atom. The van der Waals surface area contributed by atoms with Crippen molar-refractivity contribution in [1.82, 2.24) is 14.8 Å². The number of likely N-dealkylation sites (N-methyl/N-ethyl adjacent to an activating group) is 1. The summed E-state index contributed by atoms with van der Waals surface area (Å²) in [6.07, 6.45) is 8.57. The number of nitrogens with zero attached hydrogens (tertiary/aromatic N) is 2. The first-order chi connectivity index (χ1) is 8.20. The Labute approximate surface area is 105 Å². The van der Waals surface area contributed by atoms with Crippen LogP contribution in [-0.2, 0) is 13.0 Å². The molecule has 1 aromatic rings. The van der Waals surface area contributed by atoms with Crippen molar-refractivity contribution >= 4 is 0 Å². The molecule has 1 N–H and O–H groups in total. The Hall–Kier alpha value is -0.800. The molecule has 3 nitrogen and oxygen atoms in total. The van der Waals surface area contributed by atoms with E-state index in [-0.39, 0.29) is 0 Å². The molecule has 2 rings (SSSR count). The van der Waals surface area contributed by atoms with E-state index in [1.807, 2.05) is 0 Å². The zero-order chi connectivity index (χ0) is 12.3. The molecule has 17 heavy (non-hydrogen) atoms. The standard InChI is InChI=1S/C14H25N3/c1-4-15-14-7-5-6-12-10-17(11-13(12)14)9-8-16(2)3/h10-11,14-15H,4-9H2,1-3H3. The topological polar surface area (TPSA) is 20.2 Å². The number of aromatic nitrogens is 1. The van der Waals surface area contributed by atoms with Gasteiger partial charge < -0.3 is 14.8 Å². The summed E-state index contributed by atoms with van der Waals surface area (Å²) in [5, 5.41) is 3.60. The van der Waals surface area contributed by atoms with Gasteiger partial charge in [0.25, 0.3) is 0 Å². The molecule has 1 heterocycles. The lowest BCUT2D eigenvalue weighted by molar-refractivity contribution is 0.384. The van der Waals surface area contributed by atoms with Crippen LogP contribution in [0.1, 0.15) is 36.9 Å². The van der Waals surface area contributed by atoms with Gasteiger partial charge in [-0.25, -0.2) is 0 Å². The van der Waals surface area contributed by atoms with Gasteiger partial charge in [0.1, 0.15) is 0 Å². The van der Waals surface area contributed by atoms with Gasteiger partial charge in [0.2, 0.25) is 0 Å². The number of aryl methyl sites for hydroxylation is 1. The van der Waals surface area contributed by atoms with Crippen LogP contribution >= 0.6 is 0 Å². The van der Waals surface area contributed by atoms with Crippen molar-refractivity contribution in [3.05, 3.63) is 23.5 Å². The Bertz CT molecular complexity index is 354. The maximum Gasteiger partial charge on any atom is 0.0347 e. The summed E-state index contributed by atoms with van der Waals surface area (Å²) in [6, 6.07) is 0.587. The fraction of sp³-hybridized carbons (Fsp3) is 0.714. The van der Waals surface area contributed by atoms with E-state index in [1.165, 1.54) is 24.8 Å². The average Bonchev–Trinajstić information content (AvgIpc) is 2.71. The predicted molar refractivity (Wildman–Crippen MR) is 72.3 cm³/mol. The summed E-state index contributed by atoms with van der Waals surface area (Å²) < 4.78 is 2.36. The molecule has 1 aromatic heterocycles. The zero-order valence-electron chi connectivity index (χ0n) is 11.4. The van der Waals surface area contributed by atoms with Crippen molar-refractivity contribution < 1.29 is 0 Å². The molecule has 1 atom stereocenters. The van der Waals surface area contributed by atoms with Crippen molar-refractivity contribution in [2.24, 2.45) is 0 Å². The molecule has 0 aliphatic heterocycles. The van der Waals surface area contributed by atoms with Gasteiger partial charge in [-0.2, -0.15) is 0 Å². The second kappa shape index (κ2) is 5.69. The molecule has 0 radical (unpaired) electrons. The molecule has 0 amide bonds. The molecule has 0 saturated carbocycles. The van der Waals surface area contributed by atoms with Crippen LogP contribution in [0.3, 0.4) is 0 Å². The van der Waals surface area contributed by atoms with Crippen molar-refractivity contribution in [3.8, 4) is 0 Å². The minimum absolute atomic E-state index is 0.587. The number of hydrogen-bond donors (Lipinski definition) is 1. The van der Waals surface area contributed by atoms with Gasteiger partial charge >= 0.3 is 0 Å². The van der Waals surface area contributed by atoms with E-state index < -0.39 is 0 Å². The van der Waals surface area contributed by atoms with Crippen LogP contribution in [-0.4, -0.2) is 36.7 Å². The van der Waals surface area contributed by atoms with Gasteiger partial charge in [0, 0.05) is 31.5 Å². The number of fused-ring (bicyclic) bond motifs is 1. The molecule has 1 unspecified atom stereocenters. The summed E-state index contributed by atoms with van der Waals surface area (Å²) >= 11 is 0. The first kappa shape index (κ1) is 12.7. The largest absolute Gasteiger partial charge is 0.352 e. The summed E-state index contributed by atoms with van der Waals surface area (Å²) in [5.74, 6) is 0. The van der Waals surface area contributed by atoms with Gasteiger partial charge in [0.05, 0.1) is 0 Å². The molecule has 0 saturated heterocycles. The highest BCUT2D eigenvalue weighted by Crippen LogP contribution is 2.30. The molecular formula is C14H25N3. The predicted octanol–water partition coefficient (Wildman–Crippen LogP) is 2.04. The molecule has 3 heteroatoms. The van der Waals surface area contributed by atoms with E-state index in [9.17, 15) is 0 Å². The van der Waals surface area contributed by atoms with Gasteiger partial charge in [-0.05, 0) is 51.0 Å². The van der Waals surface area contributed by atoms with Crippen LogP contribution < -0.4 is 5.32 Å². The fourth-order valence-electron chi connectivity index (χ4n) is 2.65. The van der Waals surface area contributed by atoms with Crippen molar-refractivity contribution in [2.75, 3.05) is 27.2 Å². The highest BCUT2D eigenvalue weighted by Gasteiger charge is 2.20. The van der Waals surface area contributed by atoms with Gasteiger partial charge in [-0.15, -0.1) is 0 Å². The quantitative estimate of drug-likeness (QED) is 0.843. The maximum atomic E-state index is 3.60. The second-order valence-corrected chi connectivity index (χ2v) is 5.28. The molecule has 0 fully saturated rings. The van der Waals surface area contributed by atoms with E-state index in [1.54, 1.807) is 5.56 Å². The van der Waals surface area contributed by atoms with Crippen molar-refractivity contribution in [3.63, 3.8) is 0 Å². The molecule has 0 aromatic carbocycles. The maximum absolute atomic E-state index is 3.60. The number of rotatable bonds is 5. The van der Waals surface area contributed by atoms with E-state index in [2.05, 4.69) is 48.2 Å². The summed E-state index contributed by atoms with van der Waals surface area (Å²) in [5.41, 5.74) is 3.10. The highest BCUT2D eigenvalue weighted by molar-refractivity contribution is 5.30. The number of nitrogens with one attached hydrogen (secondary N) is 1. The minimum Gasteiger partial charge on any atom is -0.352 e. The third kappa shape index (κ3) is 3.11. The highest BCUT2D eigenvalue weighted by atomic mass is 15.1. The normalized spacial score (nSPS) is 19.6. The summed E-state index contributed by atoms with van der Waals surface area (Å²) in [4.78, 5) is 2.24. The summed E-state index contributed by atoms with van der Waals surface area (Å²) in [7, 11) is 4.26. The van der Waals surface area contributed by atoms with Crippen LogP contribution in [0.25, 0.3) is 0 Å². The first-order valence-electron chi connectivity index (χ1n) is 6.77. The minimum atomic E-state index is 0.587. The van der Waals surface area contributed by atoms with E-state index in [0.717, 1.165) is 19.6 Å². The monoisotopic (exact) mass is 235 g/mol. The summed E-state index contributed by atoms with van der Waals surface area (Å²) in [6.45, 7) is 5.46. The Morgan fingerprint density at radius 1 is 1.41 bits per heavy atom. The SMILES string of the molecule is CCNC1CCCc2cn(CCN(C)C)cc21. The van der Waals surface area contributed by atoms with Gasteiger partial charge in [-0.1, -0.05) is 6.92 Å². The van der Waals surface area contributed by atoms with E-state index in [0.29, 0.717) is 6.04 Å². The zero-order valence-corrected chi connectivity index (χ0v) is 11.4. The van der Waals surface area contributed by atoms with Crippen LogP contribution in [0, 0.1) is 0 Å². The van der Waals surface area contributed by atoms with Crippen LogP contribution in [0.15, 0.2) is 12.4 Å². The van der Waals surface area contributed by atoms with E-state index in [4.69, 9.17) is 0 Å². The molecule has 96 valence electrons. The van der Waals surface area contributed by atoms with Crippen molar-refractivity contribution in [2.45, 2.75) is 38.8 Å². The average molecular weight is 235 g/mol. The molecule has 0 bridgehead atoms. The molecule has 1 aliphatic carbocycles. The van der Waals surface area contributed by atoms with E-state index >= 15 is 0 Å². The van der Waals surface area contributed by atoms with Crippen LogP contribution in [0.5, 0.6) is 0 Å². The van der Waals surface area contributed by atoms with Gasteiger partial charge in [-0.3, -0.25) is 0 Å². The third-order valence-corrected chi connectivity index (χ3v) is 3.57.